The Balaban J connectivity index is 2.80. The highest BCUT2D eigenvalue weighted by Gasteiger charge is 2.28. The Hall–Kier alpha value is -1.36. The van der Waals surface area contributed by atoms with Gasteiger partial charge in [0, 0.05) is 13.1 Å². The normalized spacial score (nSPS) is 15.6. The largest absolute Gasteiger partial charge is 0.388 e. The molecule has 1 aromatic heterocycles. The third-order valence-electron chi connectivity index (χ3n) is 4.35. The maximum atomic E-state index is 12.4. The average Bonchev–Trinajstić information content (AvgIpc) is 2.85. The molecule has 0 spiro atoms. The van der Waals surface area contributed by atoms with Gasteiger partial charge in [-0.1, -0.05) is 41.0 Å². The van der Waals surface area contributed by atoms with Crippen molar-refractivity contribution in [1.29, 1.82) is 0 Å². The first kappa shape index (κ1) is 18.7. The molecule has 0 aliphatic rings. The summed E-state index contributed by atoms with van der Waals surface area (Å²) in [5.41, 5.74) is 0.669. The maximum absolute atomic E-state index is 12.4. The SMILES string of the molecule is CCc1c(C(=O)NCC(C)(O)C(C)CC)cnn1CC(C)C. The Morgan fingerprint density at radius 2 is 2.05 bits per heavy atom. The first-order valence-corrected chi connectivity index (χ1v) is 8.28. The van der Waals surface area contributed by atoms with Crippen LogP contribution in [0.25, 0.3) is 0 Å². The fraction of sp³-hybridized carbons (Fsp3) is 0.765. The van der Waals surface area contributed by atoms with Crippen LogP contribution in [0.4, 0.5) is 0 Å². The van der Waals surface area contributed by atoms with Gasteiger partial charge in [-0.25, -0.2) is 0 Å². The summed E-state index contributed by atoms with van der Waals surface area (Å²) in [5, 5.41) is 17.6. The van der Waals surface area contributed by atoms with Crippen molar-refractivity contribution in [2.24, 2.45) is 11.8 Å². The molecule has 126 valence electrons. The van der Waals surface area contributed by atoms with Crippen LogP contribution in [0.3, 0.4) is 0 Å². The number of amides is 1. The fourth-order valence-electron chi connectivity index (χ4n) is 2.44. The van der Waals surface area contributed by atoms with Gasteiger partial charge in [-0.2, -0.15) is 5.10 Å². The monoisotopic (exact) mass is 309 g/mol. The summed E-state index contributed by atoms with van der Waals surface area (Å²) in [6.45, 7) is 13.1. The highest BCUT2D eigenvalue weighted by molar-refractivity contribution is 5.95. The zero-order valence-corrected chi connectivity index (χ0v) is 14.8. The van der Waals surface area contributed by atoms with E-state index < -0.39 is 5.60 Å². The summed E-state index contributed by atoms with van der Waals surface area (Å²) in [4.78, 5) is 12.4. The molecule has 0 aliphatic carbocycles. The van der Waals surface area contributed by atoms with Crippen molar-refractivity contribution >= 4 is 5.91 Å². The smallest absolute Gasteiger partial charge is 0.254 e. The van der Waals surface area contributed by atoms with Gasteiger partial charge in [-0.05, 0) is 25.2 Å². The molecule has 2 atom stereocenters. The van der Waals surface area contributed by atoms with E-state index in [9.17, 15) is 9.90 Å². The molecule has 0 saturated heterocycles. The summed E-state index contributed by atoms with van der Waals surface area (Å²) in [6.07, 6.45) is 3.27. The topological polar surface area (TPSA) is 67.2 Å². The molecule has 1 rings (SSSR count). The summed E-state index contributed by atoms with van der Waals surface area (Å²) < 4.78 is 1.91. The number of hydrogen-bond acceptors (Lipinski definition) is 3. The van der Waals surface area contributed by atoms with Crippen LogP contribution in [0.2, 0.25) is 0 Å². The standard InChI is InChI=1S/C17H31N3O2/c1-7-13(5)17(6,22)11-18-16(21)14-9-19-20(10-12(3)4)15(14)8-2/h9,12-13,22H,7-8,10-11H2,1-6H3,(H,18,21). The minimum absolute atomic E-state index is 0.127. The van der Waals surface area contributed by atoms with Crippen molar-refractivity contribution < 1.29 is 9.90 Å². The lowest BCUT2D eigenvalue weighted by atomic mass is 9.88. The third kappa shape index (κ3) is 4.57. The van der Waals surface area contributed by atoms with Crippen molar-refractivity contribution in [2.75, 3.05) is 6.54 Å². The van der Waals surface area contributed by atoms with E-state index in [1.807, 2.05) is 25.5 Å². The second-order valence-electron chi connectivity index (χ2n) is 6.78. The molecule has 0 radical (unpaired) electrons. The van der Waals surface area contributed by atoms with Crippen molar-refractivity contribution in [3.63, 3.8) is 0 Å². The van der Waals surface area contributed by atoms with Gasteiger partial charge in [0.1, 0.15) is 0 Å². The Morgan fingerprint density at radius 1 is 1.41 bits per heavy atom. The number of aliphatic hydroxyl groups is 1. The van der Waals surface area contributed by atoms with Crippen molar-refractivity contribution in [3.8, 4) is 0 Å². The van der Waals surface area contributed by atoms with E-state index in [1.54, 1.807) is 13.1 Å². The lowest BCUT2D eigenvalue weighted by molar-refractivity contribution is 0.00591. The summed E-state index contributed by atoms with van der Waals surface area (Å²) in [6, 6.07) is 0. The number of rotatable bonds is 8. The molecule has 1 heterocycles. The lowest BCUT2D eigenvalue weighted by Crippen LogP contribution is -2.45. The molecule has 22 heavy (non-hydrogen) atoms. The molecular formula is C17H31N3O2. The number of hydrogen-bond donors (Lipinski definition) is 2. The first-order valence-electron chi connectivity index (χ1n) is 8.28. The number of carbonyl (C=O) groups is 1. The van der Waals surface area contributed by atoms with Crippen LogP contribution in [0.5, 0.6) is 0 Å². The second-order valence-corrected chi connectivity index (χ2v) is 6.78. The minimum Gasteiger partial charge on any atom is -0.388 e. The zero-order chi connectivity index (χ0) is 16.9. The average molecular weight is 309 g/mol. The Kier molecular flexibility index (Phi) is 6.60. The van der Waals surface area contributed by atoms with Crippen molar-refractivity contribution in [1.82, 2.24) is 15.1 Å². The molecule has 1 amide bonds. The van der Waals surface area contributed by atoms with Crippen LogP contribution in [0, 0.1) is 11.8 Å². The van der Waals surface area contributed by atoms with E-state index in [0.717, 1.165) is 25.1 Å². The molecule has 0 aliphatic heterocycles. The van der Waals surface area contributed by atoms with E-state index in [0.29, 0.717) is 11.5 Å². The molecule has 2 N–H and O–H groups in total. The van der Waals surface area contributed by atoms with E-state index in [-0.39, 0.29) is 18.4 Å². The van der Waals surface area contributed by atoms with E-state index in [4.69, 9.17) is 0 Å². The molecule has 0 fully saturated rings. The minimum atomic E-state index is -0.898. The van der Waals surface area contributed by atoms with Crippen LogP contribution in [0.15, 0.2) is 6.20 Å². The summed E-state index contributed by atoms with van der Waals surface area (Å²) >= 11 is 0. The predicted octanol–water partition coefficient (Wildman–Crippen LogP) is 2.63. The van der Waals surface area contributed by atoms with Gasteiger partial charge < -0.3 is 10.4 Å². The van der Waals surface area contributed by atoms with Crippen LogP contribution in [0.1, 0.15) is 64.0 Å². The van der Waals surface area contributed by atoms with Crippen LogP contribution in [-0.4, -0.2) is 32.9 Å². The quantitative estimate of drug-likeness (QED) is 0.775. The van der Waals surface area contributed by atoms with Gasteiger partial charge in [0.05, 0.1) is 23.1 Å². The third-order valence-corrected chi connectivity index (χ3v) is 4.35. The molecule has 2 unspecified atom stereocenters. The molecular weight excluding hydrogens is 278 g/mol. The molecule has 5 heteroatoms. The Labute approximate surface area is 134 Å². The summed E-state index contributed by atoms with van der Waals surface area (Å²) in [7, 11) is 0. The van der Waals surface area contributed by atoms with Crippen molar-refractivity contribution in [2.45, 2.75) is 66.5 Å². The lowest BCUT2D eigenvalue weighted by Gasteiger charge is -2.29. The van der Waals surface area contributed by atoms with Gasteiger partial charge in [0.25, 0.3) is 5.91 Å². The van der Waals surface area contributed by atoms with Gasteiger partial charge in [-0.15, -0.1) is 0 Å². The highest BCUT2D eigenvalue weighted by Crippen LogP contribution is 2.19. The molecule has 0 aromatic carbocycles. The van der Waals surface area contributed by atoms with Gasteiger partial charge in [0.15, 0.2) is 0 Å². The predicted molar refractivity (Wildman–Crippen MR) is 88.9 cm³/mol. The molecule has 1 aromatic rings. The number of nitrogens with one attached hydrogen (secondary N) is 1. The molecule has 0 bridgehead atoms. The maximum Gasteiger partial charge on any atom is 0.254 e. The van der Waals surface area contributed by atoms with Gasteiger partial charge in [-0.3, -0.25) is 9.48 Å². The second kappa shape index (κ2) is 7.77. The van der Waals surface area contributed by atoms with Crippen LogP contribution < -0.4 is 5.32 Å². The van der Waals surface area contributed by atoms with E-state index in [2.05, 4.69) is 24.3 Å². The number of carbonyl (C=O) groups excluding carboxylic acids is 1. The van der Waals surface area contributed by atoms with Crippen LogP contribution in [-0.2, 0) is 13.0 Å². The Morgan fingerprint density at radius 3 is 2.55 bits per heavy atom. The first-order chi connectivity index (χ1) is 10.2. The van der Waals surface area contributed by atoms with E-state index in [1.165, 1.54) is 0 Å². The Bertz CT molecular complexity index is 492. The summed E-state index contributed by atoms with van der Waals surface area (Å²) in [5.74, 6) is 0.449. The molecule has 5 nitrogen and oxygen atoms in total. The van der Waals surface area contributed by atoms with Crippen LogP contribution >= 0.6 is 0 Å². The fourth-order valence-corrected chi connectivity index (χ4v) is 2.44. The molecule has 0 saturated carbocycles. The van der Waals surface area contributed by atoms with E-state index >= 15 is 0 Å². The zero-order valence-electron chi connectivity index (χ0n) is 14.8. The van der Waals surface area contributed by atoms with Gasteiger partial charge in [0.2, 0.25) is 0 Å². The number of aromatic nitrogens is 2. The highest BCUT2D eigenvalue weighted by atomic mass is 16.3. The van der Waals surface area contributed by atoms with Gasteiger partial charge >= 0.3 is 0 Å². The number of nitrogens with zero attached hydrogens (tertiary/aromatic N) is 2. The van der Waals surface area contributed by atoms with Crippen molar-refractivity contribution in [3.05, 3.63) is 17.5 Å².